The molecule has 1 aliphatic rings. The summed E-state index contributed by atoms with van der Waals surface area (Å²) in [4.78, 5) is 11.8. The monoisotopic (exact) mass is 260 g/mol. The first-order valence-corrected chi connectivity index (χ1v) is 6.21. The summed E-state index contributed by atoms with van der Waals surface area (Å²) in [5, 5.41) is 15.8. The lowest BCUT2D eigenvalue weighted by atomic mass is 9.91. The van der Waals surface area contributed by atoms with Gasteiger partial charge < -0.3 is 25.2 Å². The van der Waals surface area contributed by atoms with Crippen molar-refractivity contribution in [1.82, 2.24) is 10.6 Å². The fourth-order valence-corrected chi connectivity index (χ4v) is 1.92. The van der Waals surface area contributed by atoms with E-state index in [1.165, 1.54) is 0 Å². The van der Waals surface area contributed by atoms with Gasteiger partial charge in [0.15, 0.2) is 0 Å². The van der Waals surface area contributed by atoms with Crippen molar-refractivity contribution in [3.05, 3.63) is 0 Å². The van der Waals surface area contributed by atoms with Gasteiger partial charge in [-0.15, -0.1) is 0 Å². The highest BCUT2D eigenvalue weighted by Gasteiger charge is 2.43. The van der Waals surface area contributed by atoms with E-state index < -0.39 is 23.3 Å². The number of ether oxygens (including phenoxy) is 2. The number of hydrogen-bond donors (Lipinski definition) is 3. The minimum atomic E-state index is -0.759. The summed E-state index contributed by atoms with van der Waals surface area (Å²) in [6.45, 7) is 6.61. The highest BCUT2D eigenvalue weighted by atomic mass is 16.6. The first-order chi connectivity index (χ1) is 8.29. The third kappa shape index (κ3) is 4.12. The zero-order valence-corrected chi connectivity index (χ0v) is 11.6. The van der Waals surface area contributed by atoms with Gasteiger partial charge in [0, 0.05) is 13.2 Å². The summed E-state index contributed by atoms with van der Waals surface area (Å²) in [6.07, 6.45) is -0.657. The SMILES string of the molecule is CNCC(O)C1(NC(=O)OC(C)(C)C)CCOC1. The number of carbonyl (C=O) groups excluding carboxylic acids is 1. The fraction of sp³-hybridized carbons (Fsp3) is 0.917. The Labute approximate surface area is 108 Å². The molecule has 0 spiro atoms. The van der Waals surface area contributed by atoms with Crippen molar-refractivity contribution in [2.75, 3.05) is 26.8 Å². The van der Waals surface area contributed by atoms with E-state index in [9.17, 15) is 9.90 Å². The molecule has 1 saturated heterocycles. The van der Waals surface area contributed by atoms with E-state index in [1.54, 1.807) is 27.8 Å². The molecule has 18 heavy (non-hydrogen) atoms. The van der Waals surface area contributed by atoms with Crippen LogP contribution in [0.25, 0.3) is 0 Å². The molecule has 6 heteroatoms. The number of nitrogens with one attached hydrogen (secondary N) is 2. The molecule has 2 atom stereocenters. The number of likely N-dealkylation sites (N-methyl/N-ethyl adjacent to an activating group) is 1. The number of aliphatic hydroxyl groups excluding tert-OH is 1. The molecule has 1 fully saturated rings. The molecule has 106 valence electrons. The van der Waals surface area contributed by atoms with Crippen LogP contribution in [0.5, 0.6) is 0 Å². The number of amides is 1. The summed E-state index contributed by atoms with van der Waals surface area (Å²) in [5.74, 6) is 0. The number of aliphatic hydroxyl groups is 1. The molecule has 0 saturated carbocycles. The molecular weight excluding hydrogens is 236 g/mol. The van der Waals surface area contributed by atoms with Crippen LogP contribution in [0.15, 0.2) is 0 Å². The van der Waals surface area contributed by atoms with Crippen LogP contribution >= 0.6 is 0 Å². The molecule has 1 aliphatic heterocycles. The molecule has 0 aliphatic carbocycles. The van der Waals surface area contributed by atoms with Crippen LogP contribution in [0.2, 0.25) is 0 Å². The highest BCUT2D eigenvalue weighted by Crippen LogP contribution is 2.23. The molecule has 1 rings (SSSR count). The van der Waals surface area contributed by atoms with E-state index in [0.29, 0.717) is 26.2 Å². The van der Waals surface area contributed by atoms with Crippen molar-refractivity contribution in [3.63, 3.8) is 0 Å². The lowest BCUT2D eigenvalue weighted by Crippen LogP contribution is -2.60. The van der Waals surface area contributed by atoms with Gasteiger partial charge in [-0.2, -0.15) is 0 Å². The van der Waals surface area contributed by atoms with Crippen LogP contribution < -0.4 is 10.6 Å². The Kier molecular flexibility index (Phi) is 4.95. The van der Waals surface area contributed by atoms with Gasteiger partial charge in [0.2, 0.25) is 0 Å². The lowest BCUT2D eigenvalue weighted by Gasteiger charge is -2.34. The van der Waals surface area contributed by atoms with E-state index >= 15 is 0 Å². The van der Waals surface area contributed by atoms with Crippen LogP contribution in [-0.2, 0) is 9.47 Å². The predicted molar refractivity (Wildman–Crippen MR) is 67.5 cm³/mol. The molecule has 0 bridgehead atoms. The number of alkyl carbamates (subject to hydrolysis) is 1. The zero-order valence-electron chi connectivity index (χ0n) is 11.6. The van der Waals surface area contributed by atoms with E-state index in [2.05, 4.69) is 10.6 Å². The largest absolute Gasteiger partial charge is 0.444 e. The molecule has 0 aromatic carbocycles. The summed E-state index contributed by atoms with van der Waals surface area (Å²) >= 11 is 0. The minimum Gasteiger partial charge on any atom is -0.444 e. The maximum absolute atomic E-state index is 11.8. The van der Waals surface area contributed by atoms with E-state index in [1.807, 2.05) is 0 Å². The molecule has 0 aromatic heterocycles. The highest BCUT2D eigenvalue weighted by molar-refractivity contribution is 5.69. The van der Waals surface area contributed by atoms with Gasteiger partial charge in [-0.3, -0.25) is 0 Å². The van der Waals surface area contributed by atoms with Gasteiger partial charge in [0.05, 0.1) is 18.2 Å². The molecule has 0 radical (unpaired) electrons. The molecule has 3 N–H and O–H groups in total. The van der Waals surface area contributed by atoms with E-state index in [-0.39, 0.29) is 0 Å². The average Bonchev–Trinajstić information content (AvgIpc) is 2.64. The van der Waals surface area contributed by atoms with Gasteiger partial charge >= 0.3 is 6.09 Å². The van der Waals surface area contributed by atoms with Crippen molar-refractivity contribution < 1.29 is 19.4 Å². The smallest absolute Gasteiger partial charge is 0.408 e. The topological polar surface area (TPSA) is 79.8 Å². The second kappa shape index (κ2) is 5.86. The van der Waals surface area contributed by atoms with Crippen molar-refractivity contribution in [2.24, 2.45) is 0 Å². The van der Waals surface area contributed by atoms with Crippen LogP contribution in [0.1, 0.15) is 27.2 Å². The first kappa shape index (κ1) is 15.2. The Morgan fingerprint density at radius 3 is 2.67 bits per heavy atom. The van der Waals surface area contributed by atoms with Crippen molar-refractivity contribution in [1.29, 1.82) is 0 Å². The fourth-order valence-electron chi connectivity index (χ4n) is 1.92. The number of carbonyl (C=O) groups is 1. The Morgan fingerprint density at radius 1 is 1.56 bits per heavy atom. The third-order valence-electron chi connectivity index (χ3n) is 2.84. The zero-order chi connectivity index (χ0) is 13.8. The van der Waals surface area contributed by atoms with Crippen LogP contribution in [0.4, 0.5) is 4.79 Å². The predicted octanol–water partition coefficient (Wildman–Crippen LogP) is 0.250. The summed E-state index contributed by atoms with van der Waals surface area (Å²) < 4.78 is 10.5. The Bertz CT molecular complexity index is 282. The van der Waals surface area contributed by atoms with Crippen molar-refractivity contribution in [2.45, 2.75) is 44.4 Å². The maximum Gasteiger partial charge on any atom is 0.408 e. The van der Waals surface area contributed by atoms with Crippen LogP contribution in [-0.4, -0.2) is 55.2 Å². The second-order valence-corrected chi connectivity index (χ2v) is 5.66. The molecule has 2 unspecified atom stereocenters. The second-order valence-electron chi connectivity index (χ2n) is 5.66. The normalized spacial score (nSPS) is 25.8. The quantitative estimate of drug-likeness (QED) is 0.675. The molecule has 1 amide bonds. The Hall–Kier alpha value is -0.850. The maximum atomic E-state index is 11.8. The molecule has 1 heterocycles. The molecule has 6 nitrogen and oxygen atoms in total. The van der Waals surface area contributed by atoms with Crippen LogP contribution in [0, 0.1) is 0 Å². The Morgan fingerprint density at radius 2 is 2.22 bits per heavy atom. The number of hydrogen-bond acceptors (Lipinski definition) is 5. The van der Waals surface area contributed by atoms with Gasteiger partial charge in [0.1, 0.15) is 5.60 Å². The van der Waals surface area contributed by atoms with Crippen LogP contribution in [0.3, 0.4) is 0 Å². The standard InChI is InChI=1S/C12H24N2O4/c1-11(2,3)18-10(16)14-12(5-6-17-8-12)9(15)7-13-4/h9,13,15H,5-8H2,1-4H3,(H,14,16). The van der Waals surface area contributed by atoms with Gasteiger partial charge in [-0.1, -0.05) is 0 Å². The summed E-state index contributed by atoms with van der Waals surface area (Å²) in [5.41, 5.74) is -1.32. The Balaban J connectivity index is 2.65. The molecular formula is C12H24N2O4. The lowest BCUT2D eigenvalue weighted by molar-refractivity contribution is 0.0172. The first-order valence-electron chi connectivity index (χ1n) is 6.21. The third-order valence-corrected chi connectivity index (χ3v) is 2.84. The van der Waals surface area contributed by atoms with E-state index in [4.69, 9.17) is 9.47 Å². The summed E-state index contributed by atoms with van der Waals surface area (Å²) in [7, 11) is 1.75. The summed E-state index contributed by atoms with van der Waals surface area (Å²) in [6, 6.07) is 0. The van der Waals surface area contributed by atoms with Gasteiger partial charge in [0.25, 0.3) is 0 Å². The van der Waals surface area contributed by atoms with Gasteiger partial charge in [-0.05, 0) is 34.2 Å². The number of rotatable bonds is 4. The van der Waals surface area contributed by atoms with Crippen molar-refractivity contribution >= 4 is 6.09 Å². The van der Waals surface area contributed by atoms with E-state index in [0.717, 1.165) is 0 Å². The minimum absolute atomic E-state index is 0.301. The average molecular weight is 260 g/mol. The molecule has 0 aromatic rings. The van der Waals surface area contributed by atoms with Crippen molar-refractivity contribution in [3.8, 4) is 0 Å². The van der Waals surface area contributed by atoms with Gasteiger partial charge in [-0.25, -0.2) is 4.79 Å².